The van der Waals surface area contributed by atoms with Gasteiger partial charge in [0.15, 0.2) is 11.5 Å². The molecule has 0 fully saturated rings. The lowest BCUT2D eigenvalue weighted by Gasteiger charge is -2.39. The predicted octanol–water partition coefficient (Wildman–Crippen LogP) is 3.46. The van der Waals surface area contributed by atoms with Gasteiger partial charge in [-0.05, 0) is 59.8 Å². The van der Waals surface area contributed by atoms with Crippen LogP contribution in [-0.2, 0) is 12.8 Å². The molecule has 0 N–H and O–H groups in total. The zero-order valence-corrected chi connectivity index (χ0v) is 13.3. The maximum absolute atomic E-state index is 5.50. The first-order valence-electron chi connectivity index (χ1n) is 7.80. The number of ether oxygens (including phenoxy) is 2. The fraction of sp³-hybridized carbons (Fsp3) is 0.368. The summed E-state index contributed by atoms with van der Waals surface area (Å²) in [6.07, 6.45) is 2.18. The Labute approximate surface area is 131 Å². The molecule has 0 spiro atoms. The van der Waals surface area contributed by atoms with E-state index in [1.807, 2.05) is 0 Å². The number of hydrogen-bond acceptors (Lipinski definition) is 3. The van der Waals surface area contributed by atoms with Gasteiger partial charge in [-0.25, -0.2) is 0 Å². The van der Waals surface area contributed by atoms with Crippen LogP contribution in [-0.4, -0.2) is 32.7 Å². The molecule has 0 aromatic heterocycles. The number of fused-ring (bicyclic) bond motifs is 2. The lowest BCUT2D eigenvalue weighted by molar-refractivity contribution is 0.228. The van der Waals surface area contributed by atoms with E-state index in [1.165, 1.54) is 27.8 Å². The predicted molar refractivity (Wildman–Crippen MR) is 87.8 cm³/mol. The maximum Gasteiger partial charge on any atom is 0.161 e. The van der Waals surface area contributed by atoms with E-state index in [2.05, 4.69) is 42.3 Å². The number of rotatable bonds is 2. The summed E-state index contributed by atoms with van der Waals surface area (Å²) >= 11 is 0. The second-order valence-electron chi connectivity index (χ2n) is 6.19. The molecule has 3 nitrogen and oxygen atoms in total. The lowest BCUT2D eigenvalue weighted by Crippen LogP contribution is -2.35. The third-order valence-corrected chi connectivity index (χ3v) is 5.11. The summed E-state index contributed by atoms with van der Waals surface area (Å²) in [4.78, 5) is 2.48. The summed E-state index contributed by atoms with van der Waals surface area (Å²) in [6.45, 7) is 1.13. The largest absolute Gasteiger partial charge is 0.493 e. The smallest absolute Gasteiger partial charge is 0.161 e. The van der Waals surface area contributed by atoms with E-state index in [0.717, 1.165) is 30.9 Å². The van der Waals surface area contributed by atoms with Crippen molar-refractivity contribution in [3.8, 4) is 22.6 Å². The molecule has 0 saturated heterocycles. The van der Waals surface area contributed by atoms with Crippen LogP contribution in [0.5, 0.6) is 11.5 Å². The van der Waals surface area contributed by atoms with Crippen LogP contribution < -0.4 is 9.47 Å². The average molecular weight is 295 g/mol. The van der Waals surface area contributed by atoms with E-state index in [-0.39, 0.29) is 0 Å². The Balaban J connectivity index is 1.97. The Morgan fingerprint density at radius 3 is 2.55 bits per heavy atom. The monoisotopic (exact) mass is 295 g/mol. The molecular weight excluding hydrogens is 274 g/mol. The SMILES string of the molecule is COc1cc2c(cc1OC)-c1cccc3c1C(C2)N(C)CC3. The van der Waals surface area contributed by atoms with Gasteiger partial charge in [0.05, 0.1) is 14.2 Å². The van der Waals surface area contributed by atoms with Gasteiger partial charge in [-0.3, -0.25) is 4.90 Å². The molecule has 0 saturated carbocycles. The Morgan fingerprint density at radius 2 is 1.77 bits per heavy atom. The molecule has 114 valence electrons. The molecule has 0 amide bonds. The molecule has 1 heterocycles. The minimum absolute atomic E-state index is 0.477. The van der Waals surface area contributed by atoms with Crippen LogP contribution in [0.1, 0.15) is 22.7 Å². The number of benzene rings is 2. The van der Waals surface area contributed by atoms with Crippen molar-refractivity contribution in [1.29, 1.82) is 0 Å². The van der Waals surface area contributed by atoms with Crippen molar-refractivity contribution < 1.29 is 9.47 Å². The van der Waals surface area contributed by atoms with Crippen molar-refractivity contribution in [1.82, 2.24) is 4.90 Å². The lowest BCUT2D eigenvalue weighted by atomic mass is 9.77. The zero-order chi connectivity index (χ0) is 15.3. The van der Waals surface area contributed by atoms with Crippen LogP contribution >= 0.6 is 0 Å². The van der Waals surface area contributed by atoms with Crippen LogP contribution in [0.3, 0.4) is 0 Å². The van der Waals surface area contributed by atoms with E-state index in [9.17, 15) is 0 Å². The van der Waals surface area contributed by atoms with Crippen molar-refractivity contribution in [2.45, 2.75) is 18.9 Å². The topological polar surface area (TPSA) is 21.7 Å². The summed E-state index contributed by atoms with van der Waals surface area (Å²) < 4.78 is 11.0. The Kier molecular flexibility index (Phi) is 3.12. The van der Waals surface area contributed by atoms with Crippen LogP contribution in [0.25, 0.3) is 11.1 Å². The van der Waals surface area contributed by atoms with Gasteiger partial charge >= 0.3 is 0 Å². The summed E-state index contributed by atoms with van der Waals surface area (Å²) in [6, 6.07) is 11.5. The zero-order valence-electron chi connectivity index (χ0n) is 13.3. The number of methoxy groups -OCH3 is 2. The summed E-state index contributed by atoms with van der Waals surface area (Å²) in [7, 11) is 5.63. The average Bonchev–Trinajstić information content (AvgIpc) is 2.56. The van der Waals surface area contributed by atoms with Crippen molar-refractivity contribution in [2.24, 2.45) is 0 Å². The van der Waals surface area contributed by atoms with Gasteiger partial charge in [0.25, 0.3) is 0 Å². The van der Waals surface area contributed by atoms with Crippen LogP contribution in [0.4, 0.5) is 0 Å². The van der Waals surface area contributed by atoms with Gasteiger partial charge < -0.3 is 9.47 Å². The third kappa shape index (κ3) is 1.85. The molecule has 1 aliphatic carbocycles. The van der Waals surface area contributed by atoms with Gasteiger partial charge in [0.1, 0.15) is 0 Å². The first-order chi connectivity index (χ1) is 10.7. The molecule has 4 rings (SSSR count). The fourth-order valence-corrected chi connectivity index (χ4v) is 3.94. The molecular formula is C19H21NO2. The summed E-state index contributed by atoms with van der Waals surface area (Å²) in [5.74, 6) is 1.63. The minimum atomic E-state index is 0.477. The molecule has 22 heavy (non-hydrogen) atoms. The van der Waals surface area contributed by atoms with E-state index in [4.69, 9.17) is 9.47 Å². The standard InChI is InChI=1S/C19H21NO2/c1-20-8-7-12-5-4-6-14-15-11-18(22-3)17(21-2)10-13(15)9-16(20)19(12)14/h4-6,10-11,16H,7-9H2,1-3H3. The maximum atomic E-state index is 5.50. The minimum Gasteiger partial charge on any atom is -0.493 e. The van der Waals surface area contributed by atoms with Gasteiger partial charge in [-0.1, -0.05) is 18.2 Å². The Bertz CT molecular complexity index is 738. The molecule has 0 bridgehead atoms. The highest BCUT2D eigenvalue weighted by Gasteiger charge is 2.33. The Morgan fingerprint density at radius 1 is 1.00 bits per heavy atom. The fourth-order valence-electron chi connectivity index (χ4n) is 3.94. The highest BCUT2D eigenvalue weighted by atomic mass is 16.5. The second-order valence-corrected chi connectivity index (χ2v) is 6.19. The number of hydrogen-bond donors (Lipinski definition) is 0. The highest BCUT2D eigenvalue weighted by Crippen LogP contribution is 2.47. The van der Waals surface area contributed by atoms with E-state index < -0.39 is 0 Å². The number of likely N-dealkylation sites (N-methyl/N-ethyl adjacent to an activating group) is 1. The molecule has 3 heteroatoms. The van der Waals surface area contributed by atoms with Crippen LogP contribution in [0.15, 0.2) is 30.3 Å². The van der Waals surface area contributed by atoms with Gasteiger partial charge in [-0.2, -0.15) is 0 Å². The number of nitrogens with zero attached hydrogens (tertiary/aromatic N) is 1. The summed E-state index contributed by atoms with van der Waals surface area (Å²) in [5.41, 5.74) is 7.01. The van der Waals surface area contributed by atoms with E-state index in [0.29, 0.717) is 6.04 Å². The molecule has 2 aromatic carbocycles. The van der Waals surface area contributed by atoms with Gasteiger partial charge in [0, 0.05) is 12.6 Å². The molecule has 1 aliphatic heterocycles. The normalized spacial score (nSPS) is 19.3. The quantitative estimate of drug-likeness (QED) is 0.847. The molecule has 2 aliphatic rings. The molecule has 2 aromatic rings. The van der Waals surface area contributed by atoms with Crippen molar-refractivity contribution in [3.05, 3.63) is 47.0 Å². The van der Waals surface area contributed by atoms with Gasteiger partial charge in [-0.15, -0.1) is 0 Å². The van der Waals surface area contributed by atoms with Gasteiger partial charge in [0.2, 0.25) is 0 Å². The van der Waals surface area contributed by atoms with Crippen molar-refractivity contribution >= 4 is 0 Å². The highest BCUT2D eigenvalue weighted by molar-refractivity contribution is 5.78. The summed E-state index contributed by atoms with van der Waals surface area (Å²) in [5, 5.41) is 0. The first kappa shape index (κ1) is 13.6. The second kappa shape index (κ2) is 5.03. The first-order valence-corrected chi connectivity index (χ1v) is 7.80. The van der Waals surface area contributed by atoms with Crippen LogP contribution in [0.2, 0.25) is 0 Å². The Hall–Kier alpha value is -2.00. The van der Waals surface area contributed by atoms with Crippen molar-refractivity contribution in [2.75, 3.05) is 27.8 Å². The molecule has 1 unspecified atom stereocenters. The van der Waals surface area contributed by atoms with Crippen LogP contribution in [0, 0.1) is 0 Å². The van der Waals surface area contributed by atoms with Crippen molar-refractivity contribution in [3.63, 3.8) is 0 Å². The van der Waals surface area contributed by atoms with E-state index >= 15 is 0 Å². The third-order valence-electron chi connectivity index (χ3n) is 5.11. The molecule has 1 atom stereocenters. The van der Waals surface area contributed by atoms with E-state index in [1.54, 1.807) is 14.2 Å². The molecule has 0 radical (unpaired) electrons.